The Morgan fingerprint density at radius 2 is 1.70 bits per heavy atom. The summed E-state index contributed by atoms with van der Waals surface area (Å²) in [6.45, 7) is 1.56. The van der Waals surface area contributed by atoms with E-state index in [1.165, 1.54) is 54.9 Å². The van der Waals surface area contributed by atoms with Crippen LogP contribution in [0.1, 0.15) is 21.6 Å². The van der Waals surface area contributed by atoms with Crippen LogP contribution in [0.4, 0.5) is 29.1 Å². The monoisotopic (exact) mass is 507 g/mol. The van der Waals surface area contributed by atoms with Crippen molar-refractivity contribution in [1.29, 1.82) is 0 Å². The summed E-state index contributed by atoms with van der Waals surface area (Å²) >= 11 is 0. The molecule has 0 aliphatic rings. The van der Waals surface area contributed by atoms with Crippen LogP contribution in [0.15, 0.2) is 73.1 Å². The second kappa shape index (κ2) is 9.01. The average molecular weight is 507 g/mol. The summed E-state index contributed by atoms with van der Waals surface area (Å²) in [5.41, 5.74) is -0.161. The molecule has 0 amide bonds. The molecule has 0 atom stereocenters. The molecule has 2 heterocycles. The predicted octanol–water partition coefficient (Wildman–Crippen LogP) is 6.39. The van der Waals surface area contributed by atoms with E-state index in [0.29, 0.717) is 0 Å². The summed E-state index contributed by atoms with van der Waals surface area (Å²) in [4.78, 5) is 20.0. The zero-order chi connectivity index (χ0) is 26.3. The van der Waals surface area contributed by atoms with Gasteiger partial charge >= 0.3 is 12.1 Å². The van der Waals surface area contributed by atoms with Gasteiger partial charge in [0.15, 0.2) is 5.82 Å². The maximum Gasteiger partial charge on any atom is 0.418 e. The number of rotatable bonds is 5. The van der Waals surface area contributed by atoms with Crippen molar-refractivity contribution >= 4 is 28.5 Å². The Morgan fingerprint density at radius 1 is 1.00 bits per heavy atom. The Labute approximate surface area is 207 Å². The van der Waals surface area contributed by atoms with Crippen molar-refractivity contribution in [2.45, 2.75) is 13.1 Å². The van der Waals surface area contributed by atoms with E-state index >= 15 is 0 Å². The third kappa shape index (κ3) is 4.35. The maximum absolute atomic E-state index is 15.0. The van der Waals surface area contributed by atoms with Crippen molar-refractivity contribution in [2.75, 3.05) is 5.32 Å². The van der Waals surface area contributed by atoms with Crippen LogP contribution in [-0.4, -0.2) is 30.8 Å². The molecule has 5 aromatic rings. The highest BCUT2D eigenvalue weighted by molar-refractivity contribution is 5.96. The Hall–Kier alpha value is -4.80. The van der Waals surface area contributed by atoms with Gasteiger partial charge in [0.2, 0.25) is 0 Å². The molecule has 37 heavy (non-hydrogen) atoms. The Morgan fingerprint density at radius 3 is 2.46 bits per heavy atom. The van der Waals surface area contributed by atoms with E-state index in [1.807, 2.05) is 0 Å². The van der Waals surface area contributed by atoms with Gasteiger partial charge in [0.05, 0.1) is 33.7 Å². The number of aromatic carboxylic acids is 1. The molecule has 0 radical (unpaired) electrons. The van der Waals surface area contributed by atoms with E-state index in [2.05, 4.69) is 20.4 Å². The van der Waals surface area contributed by atoms with Crippen LogP contribution < -0.4 is 5.32 Å². The molecule has 0 aliphatic heterocycles. The Balaban J connectivity index is 1.81. The van der Waals surface area contributed by atoms with Gasteiger partial charge in [0.1, 0.15) is 11.3 Å². The van der Waals surface area contributed by atoms with Gasteiger partial charge in [-0.3, -0.25) is 4.98 Å². The number of fused-ring (bicyclic) bond motifs is 1. The highest BCUT2D eigenvalue weighted by Gasteiger charge is 2.35. The summed E-state index contributed by atoms with van der Waals surface area (Å²) in [5.74, 6) is -1.90. The van der Waals surface area contributed by atoms with Crippen molar-refractivity contribution in [3.63, 3.8) is 0 Å². The number of hydrogen-bond donors (Lipinski definition) is 2. The van der Waals surface area contributed by atoms with Gasteiger partial charge in [0, 0.05) is 18.0 Å². The van der Waals surface area contributed by atoms with Gasteiger partial charge in [-0.25, -0.2) is 18.9 Å². The lowest BCUT2D eigenvalue weighted by Gasteiger charge is -2.17. The third-order valence-electron chi connectivity index (χ3n) is 5.72. The van der Waals surface area contributed by atoms with Crippen LogP contribution in [0.2, 0.25) is 0 Å². The predicted molar refractivity (Wildman–Crippen MR) is 128 cm³/mol. The molecule has 0 fully saturated rings. The lowest BCUT2D eigenvalue weighted by atomic mass is 10.0. The second-order valence-corrected chi connectivity index (χ2v) is 8.09. The molecule has 0 spiro atoms. The lowest BCUT2D eigenvalue weighted by molar-refractivity contribution is -0.137. The molecule has 0 bridgehead atoms. The van der Waals surface area contributed by atoms with Crippen LogP contribution in [-0.2, 0) is 6.18 Å². The zero-order valence-corrected chi connectivity index (χ0v) is 19.1. The molecular formula is C26H17F4N5O2. The molecule has 7 nitrogen and oxygen atoms in total. The number of carbonyl (C=O) groups is 1. The Bertz CT molecular complexity index is 1660. The van der Waals surface area contributed by atoms with E-state index in [-0.39, 0.29) is 50.6 Å². The van der Waals surface area contributed by atoms with E-state index in [0.717, 1.165) is 10.7 Å². The maximum atomic E-state index is 15.0. The number of alkyl halides is 3. The van der Waals surface area contributed by atoms with Gasteiger partial charge in [0.25, 0.3) is 0 Å². The number of carboxylic acid groups (broad SMARTS) is 1. The molecular weight excluding hydrogens is 490 g/mol. The minimum atomic E-state index is -4.70. The van der Waals surface area contributed by atoms with Crippen LogP contribution in [0.3, 0.4) is 0 Å². The molecule has 0 saturated carbocycles. The summed E-state index contributed by atoms with van der Waals surface area (Å²) < 4.78 is 57.8. The van der Waals surface area contributed by atoms with Crippen molar-refractivity contribution < 1.29 is 27.5 Å². The number of carboxylic acids is 1. The van der Waals surface area contributed by atoms with Crippen LogP contribution >= 0.6 is 0 Å². The molecule has 0 unspecified atom stereocenters. The van der Waals surface area contributed by atoms with E-state index < -0.39 is 23.5 Å². The van der Waals surface area contributed by atoms with Crippen molar-refractivity contribution in [2.24, 2.45) is 0 Å². The molecule has 2 N–H and O–H groups in total. The summed E-state index contributed by atoms with van der Waals surface area (Å²) in [6.07, 6.45) is -1.96. The number of aromatic nitrogens is 4. The van der Waals surface area contributed by atoms with Crippen LogP contribution in [0, 0.1) is 12.7 Å². The first-order valence-electron chi connectivity index (χ1n) is 10.9. The number of aryl methyl sites for hydroxylation is 1. The molecule has 5 rings (SSSR count). The first-order chi connectivity index (χ1) is 17.6. The number of para-hydroxylation sites is 2. The minimum Gasteiger partial charge on any atom is -0.478 e. The van der Waals surface area contributed by atoms with Crippen LogP contribution in [0.25, 0.3) is 27.8 Å². The molecule has 3 aromatic carbocycles. The lowest BCUT2D eigenvalue weighted by Crippen LogP contribution is -2.13. The fraction of sp³-hybridized carbons (Fsp3) is 0.0769. The Kier molecular flexibility index (Phi) is 5.82. The van der Waals surface area contributed by atoms with Crippen molar-refractivity contribution in [3.05, 3.63) is 95.7 Å². The number of nitrogens with one attached hydrogen (secondary N) is 1. The van der Waals surface area contributed by atoms with E-state index in [4.69, 9.17) is 0 Å². The molecule has 186 valence electrons. The number of halogens is 4. The number of anilines is 2. The number of benzene rings is 3. The van der Waals surface area contributed by atoms with Crippen LogP contribution in [0.5, 0.6) is 0 Å². The molecule has 2 aromatic heterocycles. The van der Waals surface area contributed by atoms with Gasteiger partial charge in [-0.05, 0) is 48.9 Å². The first-order valence-corrected chi connectivity index (χ1v) is 10.9. The standard InChI is InChI=1S/C26H17F4N5O2/c1-14-22(15-12-18(27)23-20(13-15)31-10-11-32-23)24(33-19-8-4-2-6-16(19)25(36)37)35(34-14)21-9-5-3-7-17(21)26(28,29)30/h2-13,33H,1H3,(H,36,37). The molecule has 11 heteroatoms. The smallest absolute Gasteiger partial charge is 0.418 e. The second-order valence-electron chi connectivity index (χ2n) is 8.09. The highest BCUT2D eigenvalue weighted by atomic mass is 19.4. The minimum absolute atomic E-state index is 0.0190. The fourth-order valence-electron chi connectivity index (χ4n) is 4.14. The fourth-order valence-corrected chi connectivity index (χ4v) is 4.14. The largest absolute Gasteiger partial charge is 0.478 e. The van der Waals surface area contributed by atoms with Crippen molar-refractivity contribution in [3.8, 4) is 16.8 Å². The van der Waals surface area contributed by atoms with Gasteiger partial charge in [-0.1, -0.05) is 24.3 Å². The van der Waals surface area contributed by atoms with Gasteiger partial charge in [-0.2, -0.15) is 18.3 Å². The topological polar surface area (TPSA) is 92.9 Å². The first kappa shape index (κ1) is 23.9. The van der Waals surface area contributed by atoms with Crippen molar-refractivity contribution in [1.82, 2.24) is 19.7 Å². The van der Waals surface area contributed by atoms with E-state index in [9.17, 15) is 27.5 Å². The SMILES string of the molecule is Cc1nn(-c2ccccc2C(F)(F)F)c(Nc2ccccc2C(=O)O)c1-c1cc(F)c2nccnc2c1. The summed E-state index contributed by atoms with van der Waals surface area (Å²) in [5, 5.41) is 17.0. The summed E-state index contributed by atoms with van der Waals surface area (Å²) in [7, 11) is 0. The molecule has 0 saturated heterocycles. The third-order valence-corrected chi connectivity index (χ3v) is 5.72. The average Bonchev–Trinajstić information content (AvgIpc) is 3.19. The normalized spacial score (nSPS) is 11.6. The zero-order valence-electron chi connectivity index (χ0n) is 19.1. The van der Waals surface area contributed by atoms with Gasteiger partial charge < -0.3 is 10.4 Å². The number of nitrogens with zero attached hydrogens (tertiary/aromatic N) is 4. The summed E-state index contributed by atoms with van der Waals surface area (Å²) in [6, 6.07) is 13.5. The number of hydrogen-bond acceptors (Lipinski definition) is 5. The molecule has 0 aliphatic carbocycles. The highest BCUT2D eigenvalue weighted by Crippen LogP contribution is 2.40. The van der Waals surface area contributed by atoms with Gasteiger partial charge in [-0.15, -0.1) is 0 Å². The van der Waals surface area contributed by atoms with E-state index in [1.54, 1.807) is 19.1 Å². The quantitative estimate of drug-likeness (QED) is 0.268.